The number of rotatable bonds is 5. The van der Waals surface area contributed by atoms with Gasteiger partial charge in [0.2, 0.25) is 5.91 Å². The van der Waals surface area contributed by atoms with E-state index in [0.717, 1.165) is 47.8 Å². The molecule has 1 aliphatic rings. The van der Waals surface area contributed by atoms with Gasteiger partial charge in [0.15, 0.2) is 0 Å². The van der Waals surface area contributed by atoms with Crippen LogP contribution in [0.4, 0.5) is 4.39 Å². The Kier molecular flexibility index (Phi) is 6.55. The number of hydrogen-bond acceptors (Lipinski definition) is 2. The van der Waals surface area contributed by atoms with Crippen molar-refractivity contribution in [2.45, 2.75) is 44.6 Å². The van der Waals surface area contributed by atoms with Gasteiger partial charge in [0.1, 0.15) is 5.82 Å². The van der Waals surface area contributed by atoms with Crippen LogP contribution < -0.4 is 5.32 Å². The molecule has 32 heavy (non-hydrogen) atoms. The maximum absolute atomic E-state index is 14.4. The molecule has 168 valence electrons. The van der Waals surface area contributed by atoms with Crippen LogP contribution in [0.1, 0.15) is 48.9 Å². The molecule has 0 bridgehead atoms. The van der Waals surface area contributed by atoms with Crippen molar-refractivity contribution in [3.05, 3.63) is 82.1 Å². The third-order valence-electron chi connectivity index (χ3n) is 7.12. The normalized spacial score (nSPS) is 16.7. The third kappa shape index (κ3) is 4.39. The van der Waals surface area contributed by atoms with E-state index >= 15 is 0 Å². The monoisotopic (exact) mass is 452 g/mol. The molecule has 1 amide bonds. The summed E-state index contributed by atoms with van der Waals surface area (Å²) in [5.74, 6) is -0.149. The number of nitrogens with one attached hydrogen (secondary N) is 1. The molecule has 4 rings (SSSR count). The third-order valence-corrected chi connectivity index (χ3v) is 7.34. The Morgan fingerprint density at radius 1 is 1.16 bits per heavy atom. The molecule has 0 radical (unpaired) electrons. The second-order valence-electron chi connectivity index (χ2n) is 9.07. The first-order valence-corrected chi connectivity index (χ1v) is 11.6. The summed E-state index contributed by atoms with van der Waals surface area (Å²) in [5, 5.41) is 6.20. The van der Waals surface area contributed by atoms with Crippen LogP contribution in [0.2, 0.25) is 5.02 Å². The van der Waals surface area contributed by atoms with E-state index in [1.807, 2.05) is 61.3 Å². The van der Waals surface area contributed by atoms with Gasteiger partial charge in [0.25, 0.3) is 0 Å². The lowest BCUT2D eigenvalue weighted by Gasteiger charge is -2.39. The fraction of sp³-hybridized carbons (Fsp3) is 0.370. The van der Waals surface area contributed by atoms with Crippen LogP contribution in [0.15, 0.2) is 54.6 Å². The van der Waals surface area contributed by atoms with Gasteiger partial charge in [-0.3, -0.25) is 4.79 Å². The Labute approximate surface area is 194 Å². The number of amides is 1. The Morgan fingerprint density at radius 3 is 2.59 bits per heavy atom. The Hall–Kier alpha value is -2.43. The molecule has 1 heterocycles. The van der Waals surface area contributed by atoms with Crippen LogP contribution in [-0.2, 0) is 10.2 Å². The highest BCUT2D eigenvalue weighted by Gasteiger charge is 2.38. The molecule has 1 fully saturated rings. The fourth-order valence-electron chi connectivity index (χ4n) is 4.88. The van der Waals surface area contributed by atoms with Crippen molar-refractivity contribution in [1.82, 2.24) is 10.2 Å². The molecule has 1 N–H and O–H groups in total. The van der Waals surface area contributed by atoms with Crippen LogP contribution >= 0.6 is 11.6 Å². The lowest BCUT2D eigenvalue weighted by molar-refractivity contribution is -0.133. The first-order chi connectivity index (χ1) is 15.3. The number of nitrogens with zero attached hydrogens (tertiary/aromatic N) is 1. The summed E-state index contributed by atoms with van der Waals surface area (Å²) in [5.41, 5.74) is 2.22. The van der Waals surface area contributed by atoms with Crippen molar-refractivity contribution in [3.8, 4) is 0 Å². The minimum Gasteiger partial charge on any atom is -0.339 e. The average molecular weight is 453 g/mol. The van der Waals surface area contributed by atoms with E-state index in [2.05, 4.69) is 11.4 Å². The summed E-state index contributed by atoms with van der Waals surface area (Å²) in [6.07, 6.45) is 1.98. The smallest absolute Gasteiger partial charge is 0.223 e. The second kappa shape index (κ2) is 9.21. The molecule has 1 aliphatic heterocycles. The van der Waals surface area contributed by atoms with E-state index in [0.29, 0.717) is 17.0 Å². The number of fused-ring (bicyclic) bond motifs is 1. The van der Waals surface area contributed by atoms with Gasteiger partial charge in [0.05, 0.1) is 6.04 Å². The molecule has 1 saturated heterocycles. The standard InChI is InChI=1S/C27H30ClFN2O/c1-18-8-9-21(15-25(18)29)27(10-12-30-13-11-27)17-26(32)31(3)19(2)24-16-22(28)14-20-6-4-5-7-23(20)24/h4-9,14-16,19,30H,10-13,17H2,1-3H3. The van der Waals surface area contributed by atoms with Crippen LogP contribution in [-0.4, -0.2) is 30.9 Å². The first-order valence-electron chi connectivity index (χ1n) is 11.2. The molecule has 5 heteroatoms. The molecule has 3 aromatic rings. The molecule has 0 aromatic heterocycles. The minimum atomic E-state index is -0.360. The summed E-state index contributed by atoms with van der Waals surface area (Å²) < 4.78 is 14.4. The quantitative estimate of drug-likeness (QED) is 0.502. The molecule has 0 spiro atoms. The van der Waals surface area contributed by atoms with Gasteiger partial charge in [-0.25, -0.2) is 4.39 Å². The van der Waals surface area contributed by atoms with Crippen molar-refractivity contribution in [3.63, 3.8) is 0 Å². The van der Waals surface area contributed by atoms with Crippen LogP contribution in [0.3, 0.4) is 0 Å². The number of piperidine rings is 1. The second-order valence-corrected chi connectivity index (χ2v) is 9.50. The highest BCUT2D eigenvalue weighted by atomic mass is 35.5. The summed E-state index contributed by atoms with van der Waals surface area (Å²) in [4.78, 5) is 15.4. The van der Waals surface area contributed by atoms with E-state index in [1.54, 1.807) is 13.0 Å². The highest BCUT2D eigenvalue weighted by Crippen LogP contribution is 2.39. The van der Waals surface area contributed by atoms with Crippen molar-refractivity contribution < 1.29 is 9.18 Å². The first kappa shape index (κ1) is 22.8. The minimum absolute atomic E-state index is 0.0597. The Morgan fingerprint density at radius 2 is 1.88 bits per heavy atom. The largest absolute Gasteiger partial charge is 0.339 e. The van der Waals surface area contributed by atoms with Gasteiger partial charge in [-0.15, -0.1) is 0 Å². The van der Waals surface area contributed by atoms with Gasteiger partial charge in [-0.1, -0.05) is 48.0 Å². The van der Waals surface area contributed by atoms with Crippen LogP contribution in [0, 0.1) is 12.7 Å². The number of carbonyl (C=O) groups excluding carboxylic acids is 1. The van der Waals surface area contributed by atoms with Crippen LogP contribution in [0.5, 0.6) is 0 Å². The van der Waals surface area contributed by atoms with Crippen molar-refractivity contribution in [2.24, 2.45) is 0 Å². The predicted octanol–water partition coefficient (Wildman–Crippen LogP) is 6.17. The molecule has 3 aromatic carbocycles. The molecule has 1 unspecified atom stereocenters. The molecule has 1 atom stereocenters. The number of halogens is 2. The van der Waals surface area contributed by atoms with E-state index < -0.39 is 0 Å². The van der Waals surface area contributed by atoms with Gasteiger partial charge < -0.3 is 10.2 Å². The summed E-state index contributed by atoms with van der Waals surface area (Å²) in [6.45, 7) is 5.45. The van der Waals surface area contributed by atoms with E-state index in [1.165, 1.54) is 0 Å². The number of hydrogen-bond donors (Lipinski definition) is 1. The van der Waals surface area contributed by atoms with E-state index in [9.17, 15) is 9.18 Å². The van der Waals surface area contributed by atoms with Crippen LogP contribution in [0.25, 0.3) is 10.8 Å². The zero-order valence-corrected chi connectivity index (χ0v) is 19.7. The molecular weight excluding hydrogens is 423 g/mol. The maximum Gasteiger partial charge on any atom is 0.223 e. The maximum atomic E-state index is 14.4. The predicted molar refractivity (Wildman–Crippen MR) is 130 cm³/mol. The van der Waals surface area contributed by atoms with Gasteiger partial charge in [-0.2, -0.15) is 0 Å². The van der Waals surface area contributed by atoms with Crippen molar-refractivity contribution >= 4 is 28.3 Å². The van der Waals surface area contributed by atoms with E-state index in [-0.39, 0.29) is 23.2 Å². The molecular formula is C27H30ClFN2O. The number of aryl methyl sites for hydroxylation is 1. The van der Waals surface area contributed by atoms with Crippen molar-refractivity contribution in [1.29, 1.82) is 0 Å². The zero-order valence-electron chi connectivity index (χ0n) is 18.9. The van der Waals surface area contributed by atoms with Gasteiger partial charge in [0, 0.05) is 23.9 Å². The Balaban J connectivity index is 1.63. The fourth-order valence-corrected chi connectivity index (χ4v) is 5.12. The molecule has 0 saturated carbocycles. The lowest BCUT2D eigenvalue weighted by atomic mass is 9.70. The molecule has 0 aliphatic carbocycles. The number of benzene rings is 3. The van der Waals surface area contributed by atoms with E-state index in [4.69, 9.17) is 11.6 Å². The zero-order chi connectivity index (χ0) is 22.9. The van der Waals surface area contributed by atoms with Gasteiger partial charge in [-0.05, 0) is 85.4 Å². The SMILES string of the molecule is Cc1ccc(C2(CC(=O)N(C)C(C)c3cc(Cl)cc4ccccc34)CCNCC2)cc1F. The summed E-state index contributed by atoms with van der Waals surface area (Å²) >= 11 is 6.39. The summed E-state index contributed by atoms with van der Waals surface area (Å²) in [6, 6.07) is 17.3. The highest BCUT2D eigenvalue weighted by molar-refractivity contribution is 6.31. The lowest BCUT2D eigenvalue weighted by Crippen LogP contribution is -2.44. The number of carbonyl (C=O) groups is 1. The molecule has 3 nitrogen and oxygen atoms in total. The average Bonchev–Trinajstić information content (AvgIpc) is 2.79. The van der Waals surface area contributed by atoms with Gasteiger partial charge >= 0.3 is 0 Å². The van der Waals surface area contributed by atoms with Crippen molar-refractivity contribution in [2.75, 3.05) is 20.1 Å². The summed E-state index contributed by atoms with van der Waals surface area (Å²) in [7, 11) is 1.85. The topological polar surface area (TPSA) is 32.3 Å². The Bertz CT molecular complexity index is 1140.